The molecule has 3 N–H and O–H groups in total. The van der Waals surface area contributed by atoms with Crippen molar-refractivity contribution in [2.45, 2.75) is 39.2 Å². The molecule has 0 unspecified atom stereocenters. The molecule has 1 aliphatic rings. The van der Waals surface area contributed by atoms with Gasteiger partial charge in [0.1, 0.15) is 17.2 Å². The fraction of sp³-hybridized carbons (Fsp3) is 0.381. The Morgan fingerprint density at radius 1 is 1.19 bits per heavy atom. The summed E-state index contributed by atoms with van der Waals surface area (Å²) < 4.78 is 5.40. The zero-order valence-electron chi connectivity index (χ0n) is 15.5. The van der Waals surface area contributed by atoms with Gasteiger partial charge in [0.2, 0.25) is 0 Å². The van der Waals surface area contributed by atoms with Gasteiger partial charge in [-0.15, -0.1) is 0 Å². The van der Waals surface area contributed by atoms with Gasteiger partial charge in [0.05, 0.1) is 29.2 Å². The van der Waals surface area contributed by atoms with Crippen molar-refractivity contribution in [2.24, 2.45) is 5.92 Å². The number of carbonyl (C=O) groups excluding carboxylic acids is 1. The van der Waals surface area contributed by atoms with Crippen molar-refractivity contribution in [1.82, 2.24) is 0 Å². The highest BCUT2D eigenvalue weighted by Crippen LogP contribution is 2.46. The molecule has 26 heavy (non-hydrogen) atoms. The maximum Gasteiger partial charge on any atom is 0.169 e. The highest BCUT2D eigenvalue weighted by Gasteiger charge is 2.36. The number of ketones is 1. The zero-order valence-corrected chi connectivity index (χ0v) is 15.5. The molecule has 0 saturated heterocycles. The van der Waals surface area contributed by atoms with Gasteiger partial charge in [-0.1, -0.05) is 26.0 Å². The van der Waals surface area contributed by atoms with Crippen LogP contribution in [0.3, 0.4) is 0 Å². The van der Waals surface area contributed by atoms with Crippen LogP contribution in [0.4, 0.5) is 0 Å². The molecule has 0 fully saturated rings. The average molecular weight is 356 g/mol. The normalized spacial score (nSPS) is 20.2. The molecule has 3 rings (SSSR count). The lowest BCUT2D eigenvalue weighted by Gasteiger charge is -2.30. The summed E-state index contributed by atoms with van der Waals surface area (Å²) in [4.78, 5) is 12.5. The number of rotatable bonds is 3. The number of ether oxygens (including phenoxy) is 1. The van der Waals surface area contributed by atoms with Crippen LogP contribution in [-0.4, -0.2) is 33.8 Å². The first kappa shape index (κ1) is 18.3. The molecule has 5 nitrogen and oxygen atoms in total. The summed E-state index contributed by atoms with van der Waals surface area (Å²) in [5.74, 6) is 0.0556. The molecule has 0 amide bonds. The highest BCUT2D eigenvalue weighted by molar-refractivity contribution is 6.10. The van der Waals surface area contributed by atoms with E-state index in [4.69, 9.17) is 4.74 Å². The molecule has 5 heteroatoms. The minimum atomic E-state index is -1.14. The Morgan fingerprint density at radius 2 is 1.88 bits per heavy atom. The third-order valence-corrected chi connectivity index (χ3v) is 4.72. The summed E-state index contributed by atoms with van der Waals surface area (Å²) in [7, 11) is 1.51. The predicted octanol–water partition coefficient (Wildman–Crippen LogP) is 3.81. The average Bonchev–Trinajstić information content (AvgIpc) is 2.51. The Hall–Kier alpha value is -2.53. The molecule has 1 atom stereocenters. The van der Waals surface area contributed by atoms with Gasteiger partial charge in [-0.2, -0.15) is 0 Å². The SMILES string of the molecule is COc1cc2cc3c(c(O)c2c(O)c1/C=C/C(C)C)C(=O)C[C@@](C)(O)C3. The van der Waals surface area contributed by atoms with Crippen LogP contribution in [0.25, 0.3) is 16.8 Å². The van der Waals surface area contributed by atoms with Crippen molar-refractivity contribution in [2.75, 3.05) is 7.11 Å². The third-order valence-electron chi connectivity index (χ3n) is 4.72. The number of phenolic OH excluding ortho intramolecular Hbond substituents is 2. The van der Waals surface area contributed by atoms with Crippen LogP contribution in [0.15, 0.2) is 18.2 Å². The standard InChI is InChI=1S/C21H24O5/c1-11(2)5-6-14-16(26-4)8-12-7-13-9-21(3,25)10-15(22)17(13)20(24)18(12)19(14)23/h5-8,11,23-25H,9-10H2,1-4H3/b6-5+/t21-/m0/s1. The summed E-state index contributed by atoms with van der Waals surface area (Å²) in [6.07, 6.45) is 3.87. The molecular formula is C21H24O5. The quantitative estimate of drug-likeness (QED) is 0.778. The Balaban J connectivity index is 2.33. The Kier molecular flexibility index (Phi) is 4.44. The van der Waals surface area contributed by atoms with E-state index in [1.54, 1.807) is 25.1 Å². The smallest absolute Gasteiger partial charge is 0.169 e. The number of phenols is 2. The number of aromatic hydroxyl groups is 2. The maximum atomic E-state index is 12.5. The fourth-order valence-electron chi connectivity index (χ4n) is 3.56. The van der Waals surface area contributed by atoms with Gasteiger partial charge in [0.15, 0.2) is 5.78 Å². The van der Waals surface area contributed by atoms with Gasteiger partial charge in [-0.25, -0.2) is 0 Å². The summed E-state index contributed by atoms with van der Waals surface area (Å²) in [6.45, 7) is 5.63. The molecule has 2 aromatic carbocycles. The molecule has 0 heterocycles. The van der Waals surface area contributed by atoms with Gasteiger partial charge in [-0.05, 0) is 35.9 Å². The number of hydrogen-bond acceptors (Lipinski definition) is 5. The second kappa shape index (κ2) is 6.32. The summed E-state index contributed by atoms with van der Waals surface area (Å²) in [6, 6.07) is 3.46. The fourth-order valence-corrected chi connectivity index (χ4v) is 3.56. The number of fused-ring (bicyclic) bond motifs is 2. The van der Waals surface area contributed by atoms with E-state index in [-0.39, 0.29) is 47.0 Å². The molecule has 0 spiro atoms. The van der Waals surface area contributed by atoms with Gasteiger partial charge in [0.25, 0.3) is 0 Å². The number of carbonyl (C=O) groups is 1. The molecule has 0 radical (unpaired) electrons. The van der Waals surface area contributed by atoms with Crippen molar-refractivity contribution < 1.29 is 24.9 Å². The Labute approximate surface area is 152 Å². The van der Waals surface area contributed by atoms with Crippen molar-refractivity contribution in [3.05, 3.63) is 34.9 Å². The summed E-state index contributed by atoms with van der Waals surface area (Å²) in [5.41, 5.74) is 0.0710. The monoisotopic (exact) mass is 356 g/mol. The molecule has 2 aromatic rings. The maximum absolute atomic E-state index is 12.5. The van der Waals surface area contributed by atoms with E-state index in [1.165, 1.54) is 7.11 Å². The summed E-state index contributed by atoms with van der Waals surface area (Å²) >= 11 is 0. The minimum absolute atomic E-state index is 0.0594. The molecule has 0 aliphatic heterocycles. The van der Waals surface area contributed by atoms with E-state index < -0.39 is 5.60 Å². The van der Waals surface area contributed by atoms with E-state index >= 15 is 0 Å². The number of methoxy groups -OCH3 is 1. The first-order valence-corrected chi connectivity index (χ1v) is 8.67. The molecule has 138 valence electrons. The largest absolute Gasteiger partial charge is 0.506 e. The van der Waals surface area contributed by atoms with Gasteiger partial charge in [-0.3, -0.25) is 4.79 Å². The topological polar surface area (TPSA) is 87.0 Å². The Bertz CT molecular complexity index is 922. The van der Waals surface area contributed by atoms with Crippen molar-refractivity contribution in [3.8, 4) is 17.2 Å². The number of allylic oxidation sites excluding steroid dienone is 1. The second-order valence-corrected chi connectivity index (χ2v) is 7.58. The van der Waals surface area contributed by atoms with Crippen LogP contribution < -0.4 is 4.74 Å². The van der Waals surface area contributed by atoms with E-state index in [2.05, 4.69) is 0 Å². The highest BCUT2D eigenvalue weighted by atomic mass is 16.5. The van der Waals surface area contributed by atoms with Gasteiger partial charge in [0, 0.05) is 12.8 Å². The van der Waals surface area contributed by atoms with E-state index in [9.17, 15) is 20.1 Å². The van der Waals surface area contributed by atoms with E-state index in [0.29, 0.717) is 22.3 Å². The molecule has 1 aliphatic carbocycles. The molecular weight excluding hydrogens is 332 g/mol. The summed E-state index contributed by atoms with van der Waals surface area (Å²) in [5, 5.41) is 32.6. The van der Waals surface area contributed by atoms with E-state index in [1.807, 2.05) is 19.9 Å². The number of benzene rings is 2. The van der Waals surface area contributed by atoms with Crippen LogP contribution in [-0.2, 0) is 6.42 Å². The Morgan fingerprint density at radius 3 is 2.50 bits per heavy atom. The van der Waals surface area contributed by atoms with Crippen LogP contribution >= 0.6 is 0 Å². The molecule has 0 bridgehead atoms. The van der Waals surface area contributed by atoms with E-state index in [0.717, 1.165) is 0 Å². The third kappa shape index (κ3) is 3.03. The number of Topliss-reactive ketones (excluding diaryl/α,β-unsaturated/α-hetero) is 1. The van der Waals surface area contributed by atoms with Crippen LogP contribution in [0.5, 0.6) is 17.2 Å². The number of aliphatic hydroxyl groups is 1. The second-order valence-electron chi connectivity index (χ2n) is 7.58. The minimum Gasteiger partial charge on any atom is -0.506 e. The first-order valence-electron chi connectivity index (χ1n) is 8.67. The van der Waals surface area contributed by atoms with Crippen LogP contribution in [0.1, 0.15) is 48.7 Å². The lowest BCUT2D eigenvalue weighted by Crippen LogP contribution is -2.35. The zero-order chi connectivity index (χ0) is 19.2. The van der Waals surface area contributed by atoms with Gasteiger partial charge < -0.3 is 20.1 Å². The number of hydrogen-bond donors (Lipinski definition) is 3. The van der Waals surface area contributed by atoms with Crippen molar-refractivity contribution >= 4 is 22.6 Å². The lowest BCUT2D eigenvalue weighted by molar-refractivity contribution is 0.0409. The predicted molar refractivity (Wildman–Crippen MR) is 101 cm³/mol. The van der Waals surface area contributed by atoms with Crippen molar-refractivity contribution in [3.63, 3.8) is 0 Å². The van der Waals surface area contributed by atoms with Crippen molar-refractivity contribution in [1.29, 1.82) is 0 Å². The lowest BCUT2D eigenvalue weighted by atomic mass is 9.79. The van der Waals surface area contributed by atoms with Crippen LogP contribution in [0.2, 0.25) is 0 Å². The van der Waals surface area contributed by atoms with Gasteiger partial charge >= 0.3 is 0 Å². The molecule has 0 aromatic heterocycles. The molecule has 0 saturated carbocycles. The van der Waals surface area contributed by atoms with Crippen LogP contribution in [0, 0.1) is 5.92 Å². The first-order chi connectivity index (χ1) is 12.1.